The Balaban J connectivity index is 2.17. The lowest BCUT2D eigenvalue weighted by atomic mass is 10.1. The molecule has 2 aromatic rings. The van der Waals surface area contributed by atoms with E-state index in [1.165, 1.54) is 6.39 Å². The van der Waals surface area contributed by atoms with E-state index in [4.69, 9.17) is 20.8 Å². The highest BCUT2D eigenvalue weighted by molar-refractivity contribution is 6.34. The zero-order valence-electron chi connectivity index (χ0n) is 11.1. The number of hydrogen-bond acceptors (Lipinski definition) is 4. The molecular formula is C14H17ClN2O2. The normalized spacial score (nSPS) is 10.9. The van der Waals surface area contributed by atoms with Gasteiger partial charge in [-0.15, -0.1) is 0 Å². The third-order valence-electron chi connectivity index (χ3n) is 2.85. The van der Waals surface area contributed by atoms with Crippen LogP contribution in [0.1, 0.15) is 11.3 Å². The Bertz CT molecular complexity index is 540. The lowest BCUT2D eigenvalue weighted by molar-refractivity contribution is 0.199. The SMILES string of the molecule is COCCNCc1ncoc1-c1cccc(C)c1Cl. The zero-order valence-corrected chi connectivity index (χ0v) is 11.8. The van der Waals surface area contributed by atoms with Gasteiger partial charge in [-0.05, 0) is 18.6 Å². The molecule has 0 radical (unpaired) electrons. The third kappa shape index (κ3) is 3.35. The molecule has 0 spiro atoms. The number of nitrogens with one attached hydrogen (secondary N) is 1. The summed E-state index contributed by atoms with van der Waals surface area (Å²) in [6.45, 7) is 4.03. The third-order valence-corrected chi connectivity index (χ3v) is 3.35. The summed E-state index contributed by atoms with van der Waals surface area (Å²) in [6, 6.07) is 5.87. The summed E-state index contributed by atoms with van der Waals surface area (Å²) >= 11 is 6.31. The van der Waals surface area contributed by atoms with Crippen molar-refractivity contribution in [2.45, 2.75) is 13.5 Å². The average molecular weight is 281 g/mol. The second-order valence-corrected chi connectivity index (χ2v) is 4.61. The molecule has 2 rings (SSSR count). The van der Waals surface area contributed by atoms with Crippen LogP contribution in [0.15, 0.2) is 29.0 Å². The number of oxazole rings is 1. The first-order valence-electron chi connectivity index (χ1n) is 6.11. The summed E-state index contributed by atoms with van der Waals surface area (Å²) in [7, 11) is 1.68. The molecule has 19 heavy (non-hydrogen) atoms. The van der Waals surface area contributed by atoms with Crippen molar-refractivity contribution in [2.24, 2.45) is 0 Å². The molecule has 0 aliphatic carbocycles. The molecule has 4 nitrogen and oxygen atoms in total. The van der Waals surface area contributed by atoms with Crippen LogP contribution in [0.4, 0.5) is 0 Å². The van der Waals surface area contributed by atoms with E-state index in [9.17, 15) is 0 Å². The molecule has 0 aliphatic heterocycles. The van der Waals surface area contributed by atoms with Gasteiger partial charge in [0, 0.05) is 25.8 Å². The Kier molecular flexibility index (Phi) is 4.96. The first kappa shape index (κ1) is 14.1. The minimum absolute atomic E-state index is 0.624. The van der Waals surface area contributed by atoms with Crippen molar-refractivity contribution in [3.63, 3.8) is 0 Å². The van der Waals surface area contributed by atoms with Gasteiger partial charge in [0.1, 0.15) is 5.69 Å². The molecule has 0 saturated carbocycles. The summed E-state index contributed by atoms with van der Waals surface area (Å²) in [5, 5.41) is 3.95. The van der Waals surface area contributed by atoms with Crippen molar-refractivity contribution >= 4 is 11.6 Å². The Morgan fingerprint density at radius 3 is 3.05 bits per heavy atom. The summed E-state index contributed by atoms with van der Waals surface area (Å²) in [6.07, 6.45) is 1.45. The van der Waals surface area contributed by atoms with E-state index in [1.54, 1.807) is 7.11 Å². The largest absolute Gasteiger partial charge is 0.443 e. The molecule has 0 amide bonds. The summed E-state index contributed by atoms with van der Waals surface area (Å²) < 4.78 is 10.5. The summed E-state index contributed by atoms with van der Waals surface area (Å²) in [5.41, 5.74) is 2.75. The Morgan fingerprint density at radius 2 is 2.26 bits per heavy atom. The second-order valence-electron chi connectivity index (χ2n) is 4.23. The van der Waals surface area contributed by atoms with Crippen LogP contribution in [0.5, 0.6) is 0 Å². The van der Waals surface area contributed by atoms with Gasteiger partial charge in [-0.3, -0.25) is 0 Å². The van der Waals surface area contributed by atoms with Crippen LogP contribution in [0.25, 0.3) is 11.3 Å². The molecule has 102 valence electrons. The Labute approximate surface area is 117 Å². The van der Waals surface area contributed by atoms with Gasteiger partial charge >= 0.3 is 0 Å². The summed E-state index contributed by atoms with van der Waals surface area (Å²) in [4.78, 5) is 4.23. The predicted molar refractivity (Wildman–Crippen MR) is 75.3 cm³/mol. The second kappa shape index (κ2) is 6.70. The Morgan fingerprint density at radius 1 is 1.42 bits per heavy atom. The molecule has 0 bridgehead atoms. The number of ether oxygens (including phenoxy) is 1. The molecule has 5 heteroatoms. The van der Waals surface area contributed by atoms with Crippen molar-refractivity contribution < 1.29 is 9.15 Å². The molecule has 1 heterocycles. The molecule has 0 fully saturated rings. The molecule has 1 aromatic carbocycles. The van der Waals surface area contributed by atoms with E-state index in [0.29, 0.717) is 18.2 Å². The Hall–Kier alpha value is -1.36. The van der Waals surface area contributed by atoms with Crippen LogP contribution in [0.3, 0.4) is 0 Å². The topological polar surface area (TPSA) is 47.3 Å². The molecule has 0 saturated heterocycles. The predicted octanol–water partition coefficient (Wildman–Crippen LogP) is 3.04. The number of aryl methyl sites for hydroxylation is 1. The number of hydrogen-bond donors (Lipinski definition) is 1. The van der Waals surface area contributed by atoms with Gasteiger partial charge in [0.05, 0.1) is 11.6 Å². The van der Waals surface area contributed by atoms with E-state index < -0.39 is 0 Å². The van der Waals surface area contributed by atoms with Crippen LogP contribution < -0.4 is 5.32 Å². The number of halogens is 1. The fraction of sp³-hybridized carbons (Fsp3) is 0.357. The van der Waals surface area contributed by atoms with Gasteiger partial charge in [-0.25, -0.2) is 4.98 Å². The minimum atomic E-state index is 0.624. The molecule has 0 atom stereocenters. The van der Waals surface area contributed by atoms with Crippen molar-refractivity contribution in [1.29, 1.82) is 0 Å². The molecule has 1 N–H and O–H groups in total. The fourth-order valence-corrected chi connectivity index (χ4v) is 2.03. The highest BCUT2D eigenvalue weighted by atomic mass is 35.5. The number of nitrogens with zero attached hydrogens (tertiary/aromatic N) is 1. The highest BCUT2D eigenvalue weighted by Crippen LogP contribution is 2.32. The lowest BCUT2D eigenvalue weighted by Gasteiger charge is -2.06. The van der Waals surface area contributed by atoms with Crippen LogP contribution in [-0.2, 0) is 11.3 Å². The van der Waals surface area contributed by atoms with E-state index in [0.717, 1.165) is 29.1 Å². The van der Waals surface area contributed by atoms with Crippen LogP contribution in [0.2, 0.25) is 5.02 Å². The van der Waals surface area contributed by atoms with Crippen LogP contribution in [-0.4, -0.2) is 25.2 Å². The van der Waals surface area contributed by atoms with E-state index in [2.05, 4.69) is 10.3 Å². The maximum absolute atomic E-state index is 6.31. The van der Waals surface area contributed by atoms with Gasteiger partial charge in [-0.1, -0.05) is 23.7 Å². The quantitative estimate of drug-likeness (QED) is 0.826. The van der Waals surface area contributed by atoms with Crippen LogP contribution in [0, 0.1) is 6.92 Å². The molecule has 0 aliphatic rings. The van der Waals surface area contributed by atoms with E-state index >= 15 is 0 Å². The fourth-order valence-electron chi connectivity index (χ4n) is 1.82. The van der Waals surface area contributed by atoms with E-state index in [-0.39, 0.29) is 0 Å². The minimum Gasteiger partial charge on any atom is -0.443 e. The smallest absolute Gasteiger partial charge is 0.181 e. The lowest BCUT2D eigenvalue weighted by Crippen LogP contribution is -2.19. The monoisotopic (exact) mass is 280 g/mol. The first-order chi connectivity index (χ1) is 9.24. The molecule has 1 aromatic heterocycles. The van der Waals surface area contributed by atoms with Crippen molar-refractivity contribution in [1.82, 2.24) is 10.3 Å². The zero-order chi connectivity index (χ0) is 13.7. The average Bonchev–Trinajstić information content (AvgIpc) is 2.86. The maximum Gasteiger partial charge on any atom is 0.181 e. The first-order valence-corrected chi connectivity index (χ1v) is 6.49. The molecular weight excluding hydrogens is 264 g/mol. The van der Waals surface area contributed by atoms with Gasteiger partial charge in [0.2, 0.25) is 0 Å². The van der Waals surface area contributed by atoms with Crippen molar-refractivity contribution in [2.75, 3.05) is 20.3 Å². The van der Waals surface area contributed by atoms with Crippen molar-refractivity contribution in [3.8, 4) is 11.3 Å². The standard InChI is InChI=1S/C14H17ClN2O2/c1-10-4-3-5-11(13(10)15)14-12(17-9-19-14)8-16-6-7-18-2/h3-5,9,16H,6-8H2,1-2H3. The number of aromatic nitrogens is 1. The number of benzene rings is 1. The van der Waals surface area contributed by atoms with E-state index in [1.807, 2.05) is 25.1 Å². The molecule has 0 unspecified atom stereocenters. The maximum atomic E-state index is 6.31. The number of rotatable bonds is 6. The van der Waals surface area contributed by atoms with Gasteiger partial charge in [0.15, 0.2) is 12.2 Å². The van der Waals surface area contributed by atoms with Crippen molar-refractivity contribution in [3.05, 3.63) is 40.9 Å². The van der Waals surface area contributed by atoms with Gasteiger partial charge < -0.3 is 14.5 Å². The number of methoxy groups -OCH3 is 1. The van der Waals surface area contributed by atoms with Gasteiger partial charge in [-0.2, -0.15) is 0 Å². The highest BCUT2D eigenvalue weighted by Gasteiger charge is 2.14. The van der Waals surface area contributed by atoms with Crippen LogP contribution >= 0.6 is 11.6 Å². The summed E-state index contributed by atoms with van der Waals surface area (Å²) in [5.74, 6) is 0.721. The van der Waals surface area contributed by atoms with Gasteiger partial charge in [0.25, 0.3) is 0 Å².